The maximum absolute atomic E-state index is 4.59. The molecule has 3 nitrogen and oxygen atoms in total. The van der Waals surface area contributed by atoms with Gasteiger partial charge in [0.2, 0.25) is 0 Å². The molecule has 0 N–H and O–H groups in total. The normalized spacial score (nSPS) is 11.8. The second-order valence-electron chi connectivity index (χ2n) is 7.40. The minimum Gasteiger partial charge on any atom is -0.340 e. The zero-order chi connectivity index (χ0) is 18.4. The van der Waals surface area contributed by atoms with Gasteiger partial charge >= 0.3 is 0 Å². The minimum absolute atomic E-state index is 0.972. The first kappa shape index (κ1) is 16.1. The van der Waals surface area contributed by atoms with Crippen LogP contribution in [0.15, 0.2) is 67.0 Å². The Labute approximate surface area is 158 Å². The van der Waals surface area contributed by atoms with Crippen molar-refractivity contribution in [3.05, 3.63) is 78.1 Å². The van der Waals surface area contributed by atoms with E-state index >= 15 is 0 Å². The summed E-state index contributed by atoms with van der Waals surface area (Å²) in [6, 6.07) is 21.9. The van der Waals surface area contributed by atoms with Crippen LogP contribution in [0.5, 0.6) is 0 Å². The van der Waals surface area contributed by atoms with Crippen molar-refractivity contribution in [1.29, 1.82) is 0 Å². The van der Waals surface area contributed by atoms with Gasteiger partial charge in [-0.25, -0.2) is 4.98 Å². The van der Waals surface area contributed by atoms with E-state index in [1.54, 1.807) is 0 Å². The molecule has 27 heavy (non-hydrogen) atoms. The fraction of sp³-hybridized carbons (Fsp3) is 0.208. The van der Waals surface area contributed by atoms with E-state index in [1.165, 1.54) is 38.4 Å². The summed E-state index contributed by atoms with van der Waals surface area (Å²) in [6.45, 7) is 6.29. The van der Waals surface area contributed by atoms with Crippen molar-refractivity contribution in [2.24, 2.45) is 0 Å². The Morgan fingerprint density at radius 3 is 2.07 bits per heavy atom. The molecule has 0 aliphatic heterocycles. The van der Waals surface area contributed by atoms with Gasteiger partial charge in [-0.1, -0.05) is 36.4 Å². The van der Waals surface area contributed by atoms with E-state index in [9.17, 15) is 0 Å². The van der Waals surface area contributed by atoms with Gasteiger partial charge < -0.3 is 9.13 Å². The van der Waals surface area contributed by atoms with E-state index in [0.717, 1.165) is 25.0 Å². The Morgan fingerprint density at radius 2 is 1.37 bits per heavy atom. The summed E-state index contributed by atoms with van der Waals surface area (Å²) < 4.78 is 4.74. The standard InChI is InChI=1S/C24H23N3/c1-17-14-21-24(15-18(17)2)26(16-25-21)12-7-13-27-22-10-5-3-8-19(22)20-9-4-6-11-23(20)27/h3-6,8-11,14-16H,7,12-13H2,1-2H3. The second kappa shape index (κ2) is 6.27. The van der Waals surface area contributed by atoms with Crippen LogP contribution in [0.1, 0.15) is 17.5 Å². The number of rotatable bonds is 4. The molecule has 134 valence electrons. The molecule has 0 aliphatic carbocycles. The Morgan fingerprint density at radius 1 is 0.741 bits per heavy atom. The van der Waals surface area contributed by atoms with Crippen molar-refractivity contribution >= 4 is 32.8 Å². The SMILES string of the molecule is Cc1cc2ncn(CCCn3c4ccccc4c4ccccc43)c2cc1C. The Hall–Kier alpha value is -3.07. The van der Waals surface area contributed by atoms with Crippen LogP contribution in [0.3, 0.4) is 0 Å². The Kier molecular flexibility index (Phi) is 3.75. The number of imidazole rings is 1. The largest absolute Gasteiger partial charge is 0.340 e. The number of aryl methyl sites for hydroxylation is 4. The molecule has 2 aromatic heterocycles. The lowest BCUT2D eigenvalue weighted by Crippen LogP contribution is -2.03. The van der Waals surface area contributed by atoms with Crippen molar-refractivity contribution < 1.29 is 0 Å². The summed E-state index contributed by atoms with van der Waals surface area (Å²) in [5, 5.41) is 2.68. The molecule has 0 saturated heterocycles. The Bertz CT molecular complexity index is 1220. The number of hydrogen-bond donors (Lipinski definition) is 0. The van der Waals surface area contributed by atoms with Crippen molar-refractivity contribution in [3.8, 4) is 0 Å². The van der Waals surface area contributed by atoms with Crippen LogP contribution in [0, 0.1) is 13.8 Å². The van der Waals surface area contributed by atoms with E-state index in [2.05, 4.69) is 88.6 Å². The predicted molar refractivity (Wildman–Crippen MR) is 113 cm³/mol. The highest BCUT2D eigenvalue weighted by Gasteiger charge is 2.10. The van der Waals surface area contributed by atoms with Gasteiger partial charge in [-0.05, 0) is 55.7 Å². The third kappa shape index (κ3) is 2.62. The molecule has 5 rings (SSSR count). The molecule has 0 spiro atoms. The fourth-order valence-electron chi connectivity index (χ4n) is 4.13. The van der Waals surface area contributed by atoms with Crippen molar-refractivity contribution in [1.82, 2.24) is 14.1 Å². The zero-order valence-corrected chi connectivity index (χ0v) is 15.8. The zero-order valence-electron chi connectivity index (χ0n) is 15.8. The molecule has 0 saturated carbocycles. The molecule has 0 aliphatic rings. The van der Waals surface area contributed by atoms with Gasteiger partial charge in [-0.3, -0.25) is 0 Å². The average molecular weight is 353 g/mol. The number of aromatic nitrogens is 3. The lowest BCUT2D eigenvalue weighted by atomic mass is 10.1. The molecule has 2 heterocycles. The Balaban J connectivity index is 1.46. The van der Waals surface area contributed by atoms with Gasteiger partial charge in [0.1, 0.15) is 0 Å². The number of nitrogens with zero attached hydrogens (tertiary/aromatic N) is 3. The molecular weight excluding hydrogens is 330 g/mol. The predicted octanol–water partition coefficient (Wildman–Crippen LogP) is 5.85. The number of para-hydroxylation sites is 2. The first-order valence-corrected chi connectivity index (χ1v) is 9.60. The highest BCUT2D eigenvalue weighted by atomic mass is 15.0. The molecule has 0 bridgehead atoms. The van der Waals surface area contributed by atoms with Crippen molar-refractivity contribution in [2.75, 3.05) is 0 Å². The van der Waals surface area contributed by atoms with Crippen molar-refractivity contribution in [3.63, 3.8) is 0 Å². The van der Waals surface area contributed by atoms with E-state index in [-0.39, 0.29) is 0 Å². The number of fused-ring (bicyclic) bond motifs is 4. The molecule has 0 amide bonds. The summed E-state index contributed by atoms with van der Waals surface area (Å²) in [5.74, 6) is 0. The molecule has 0 radical (unpaired) electrons. The highest BCUT2D eigenvalue weighted by Crippen LogP contribution is 2.29. The van der Waals surface area contributed by atoms with Gasteiger partial charge in [-0.15, -0.1) is 0 Å². The fourth-order valence-corrected chi connectivity index (χ4v) is 4.13. The summed E-state index contributed by atoms with van der Waals surface area (Å²) in [6.07, 6.45) is 3.05. The first-order chi connectivity index (χ1) is 13.2. The lowest BCUT2D eigenvalue weighted by Gasteiger charge is -2.09. The van der Waals surface area contributed by atoms with Crippen LogP contribution in [-0.4, -0.2) is 14.1 Å². The van der Waals surface area contributed by atoms with Crippen LogP contribution < -0.4 is 0 Å². The monoisotopic (exact) mass is 353 g/mol. The molecule has 0 fully saturated rings. The highest BCUT2D eigenvalue weighted by molar-refractivity contribution is 6.07. The van der Waals surface area contributed by atoms with Gasteiger partial charge in [0.15, 0.2) is 0 Å². The molecule has 0 unspecified atom stereocenters. The maximum atomic E-state index is 4.59. The summed E-state index contributed by atoms with van der Waals surface area (Å²) in [5.41, 5.74) is 7.60. The lowest BCUT2D eigenvalue weighted by molar-refractivity contribution is 0.590. The summed E-state index contributed by atoms with van der Waals surface area (Å²) in [4.78, 5) is 4.59. The van der Waals surface area contributed by atoms with E-state index in [0.29, 0.717) is 0 Å². The molecule has 0 atom stereocenters. The quantitative estimate of drug-likeness (QED) is 0.397. The van der Waals surface area contributed by atoms with E-state index in [4.69, 9.17) is 0 Å². The third-order valence-electron chi connectivity index (χ3n) is 5.70. The van der Waals surface area contributed by atoms with E-state index in [1.807, 2.05) is 6.33 Å². The van der Waals surface area contributed by atoms with Gasteiger partial charge in [0.25, 0.3) is 0 Å². The summed E-state index contributed by atoms with van der Waals surface area (Å²) >= 11 is 0. The smallest absolute Gasteiger partial charge is 0.0958 e. The first-order valence-electron chi connectivity index (χ1n) is 9.60. The van der Waals surface area contributed by atoms with Crippen LogP contribution in [0.2, 0.25) is 0 Å². The van der Waals surface area contributed by atoms with Crippen molar-refractivity contribution in [2.45, 2.75) is 33.4 Å². The topological polar surface area (TPSA) is 22.8 Å². The van der Waals surface area contributed by atoms with E-state index < -0.39 is 0 Å². The van der Waals surface area contributed by atoms with Gasteiger partial charge in [0, 0.05) is 34.9 Å². The number of benzene rings is 3. The minimum atomic E-state index is 0.972. The van der Waals surface area contributed by atoms with Gasteiger partial charge in [0.05, 0.1) is 17.4 Å². The molecular formula is C24H23N3. The average Bonchev–Trinajstić information content (AvgIpc) is 3.22. The molecule has 3 heteroatoms. The molecule has 5 aromatic rings. The molecule has 3 aromatic carbocycles. The summed E-state index contributed by atoms with van der Waals surface area (Å²) in [7, 11) is 0. The van der Waals surface area contributed by atoms with Gasteiger partial charge in [-0.2, -0.15) is 0 Å². The van der Waals surface area contributed by atoms with Crippen LogP contribution in [0.4, 0.5) is 0 Å². The number of hydrogen-bond acceptors (Lipinski definition) is 1. The third-order valence-corrected chi connectivity index (χ3v) is 5.70. The van der Waals surface area contributed by atoms with Crippen LogP contribution in [-0.2, 0) is 13.1 Å². The van der Waals surface area contributed by atoms with Crippen LogP contribution >= 0.6 is 0 Å². The maximum Gasteiger partial charge on any atom is 0.0958 e. The second-order valence-corrected chi connectivity index (χ2v) is 7.40. The van der Waals surface area contributed by atoms with Crippen LogP contribution in [0.25, 0.3) is 32.8 Å².